The Morgan fingerprint density at radius 2 is 1.84 bits per heavy atom. The number of imide groups is 1. The number of pyridine rings is 1. The number of carbonyl (C=O) groups is 2. The Hall–Kier alpha value is -2.41. The van der Waals surface area contributed by atoms with E-state index in [9.17, 15) is 9.59 Å². The first-order valence-electron chi connectivity index (χ1n) is 14.7. The van der Waals surface area contributed by atoms with Crippen LogP contribution >= 0.6 is 0 Å². The van der Waals surface area contributed by atoms with E-state index in [1.807, 2.05) is 10.7 Å². The highest BCUT2D eigenvalue weighted by molar-refractivity contribution is 6.07. The predicted octanol–water partition coefficient (Wildman–Crippen LogP) is 5.28. The van der Waals surface area contributed by atoms with Crippen LogP contribution in [-0.2, 0) is 11.2 Å². The molecule has 7 nitrogen and oxygen atoms in total. The molecule has 6 rings (SSSR count). The van der Waals surface area contributed by atoms with E-state index in [1.165, 1.54) is 76.6 Å². The monoisotopic (exact) mass is 505 g/mol. The van der Waals surface area contributed by atoms with E-state index in [0.717, 1.165) is 35.4 Å². The van der Waals surface area contributed by atoms with Crippen molar-refractivity contribution in [2.45, 2.75) is 78.1 Å². The third kappa shape index (κ3) is 5.16. The van der Waals surface area contributed by atoms with Gasteiger partial charge in [-0.3, -0.25) is 15.0 Å². The van der Waals surface area contributed by atoms with Crippen LogP contribution in [0.5, 0.6) is 0 Å². The highest BCUT2D eigenvalue weighted by Gasteiger charge is 2.43. The summed E-state index contributed by atoms with van der Waals surface area (Å²) in [6.07, 6.45) is 16.3. The van der Waals surface area contributed by atoms with Gasteiger partial charge in [0.05, 0.1) is 17.4 Å². The molecule has 0 radical (unpaired) electrons. The van der Waals surface area contributed by atoms with Gasteiger partial charge in [0.2, 0.25) is 5.91 Å². The Labute approximate surface area is 221 Å². The summed E-state index contributed by atoms with van der Waals surface area (Å²) in [6, 6.07) is 4.00. The maximum atomic E-state index is 12.4. The Balaban J connectivity index is 1.07. The summed E-state index contributed by atoms with van der Waals surface area (Å²) in [7, 11) is 0. The summed E-state index contributed by atoms with van der Waals surface area (Å²) in [6.45, 7) is 9.07. The third-order valence-corrected chi connectivity index (χ3v) is 10.0. The van der Waals surface area contributed by atoms with Crippen LogP contribution in [0, 0.1) is 29.1 Å². The van der Waals surface area contributed by atoms with Gasteiger partial charge in [-0.1, -0.05) is 13.8 Å². The van der Waals surface area contributed by atoms with Crippen molar-refractivity contribution in [3.8, 4) is 0 Å². The first kappa shape index (κ1) is 24.9. The highest BCUT2D eigenvalue weighted by Crippen LogP contribution is 2.52. The van der Waals surface area contributed by atoms with Gasteiger partial charge in [-0.25, -0.2) is 9.31 Å². The molecule has 0 aromatic carbocycles. The van der Waals surface area contributed by atoms with Gasteiger partial charge in [0, 0.05) is 25.7 Å². The van der Waals surface area contributed by atoms with Gasteiger partial charge in [-0.15, -0.1) is 0 Å². The molecule has 2 aromatic rings. The number of nitrogens with one attached hydrogen (secondary N) is 1. The fraction of sp³-hybridized carbons (Fsp3) is 0.700. The number of anilines is 1. The molecule has 2 bridgehead atoms. The maximum Gasteiger partial charge on any atom is 0.328 e. The first-order chi connectivity index (χ1) is 17.9. The van der Waals surface area contributed by atoms with Crippen molar-refractivity contribution in [2.24, 2.45) is 29.1 Å². The number of rotatable bonds is 6. The number of aromatic nitrogens is 2. The van der Waals surface area contributed by atoms with E-state index < -0.39 is 0 Å². The number of carbonyl (C=O) groups excluding carboxylic acids is 2. The number of fused-ring (bicyclic) bond motifs is 3. The van der Waals surface area contributed by atoms with Crippen molar-refractivity contribution in [3.05, 3.63) is 30.1 Å². The van der Waals surface area contributed by atoms with Gasteiger partial charge < -0.3 is 4.90 Å². The van der Waals surface area contributed by atoms with E-state index >= 15 is 0 Å². The van der Waals surface area contributed by atoms with E-state index in [4.69, 9.17) is 0 Å². The van der Waals surface area contributed by atoms with Crippen LogP contribution in [0.15, 0.2) is 24.5 Å². The van der Waals surface area contributed by atoms with Gasteiger partial charge in [0.15, 0.2) is 0 Å². The standard InChI is InChI=1S/C30H43N5O2/c1-3-30(17-24-12-21(2)13-25(15-24)18-30)20-33-8-4-22(5-9-33)14-23-6-11-35-26(16-23)27(19-31-35)34-10-7-28(36)32-29(34)37/h6,11,16,19,21-22,24-25H,3-5,7-10,12-15,17-18,20H2,1-2H3,(H,32,36,37). The fourth-order valence-corrected chi connectivity index (χ4v) is 8.37. The Morgan fingerprint density at radius 1 is 1.08 bits per heavy atom. The number of likely N-dealkylation sites (tertiary alicyclic amines) is 1. The quantitative estimate of drug-likeness (QED) is 0.580. The lowest BCUT2D eigenvalue weighted by atomic mass is 9.58. The van der Waals surface area contributed by atoms with Gasteiger partial charge in [-0.2, -0.15) is 5.10 Å². The highest BCUT2D eigenvalue weighted by atomic mass is 16.2. The molecule has 3 amide bonds. The summed E-state index contributed by atoms with van der Waals surface area (Å²) in [5.41, 5.74) is 3.56. The van der Waals surface area contributed by atoms with Crippen molar-refractivity contribution < 1.29 is 9.59 Å². The molecule has 4 heterocycles. The van der Waals surface area contributed by atoms with Gasteiger partial charge in [-0.05, 0) is 118 Å². The summed E-state index contributed by atoms with van der Waals surface area (Å²) in [5, 5.41) is 6.87. The van der Waals surface area contributed by atoms with Crippen LogP contribution in [0.25, 0.3) is 5.52 Å². The number of piperidine rings is 1. The van der Waals surface area contributed by atoms with Crippen LogP contribution in [0.4, 0.5) is 10.5 Å². The summed E-state index contributed by atoms with van der Waals surface area (Å²) < 4.78 is 1.83. The average Bonchev–Trinajstić information content (AvgIpc) is 3.27. The summed E-state index contributed by atoms with van der Waals surface area (Å²) in [5.74, 6) is 3.37. The molecule has 2 saturated heterocycles. The Morgan fingerprint density at radius 3 is 2.54 bits per heavy atom. The molecule has 4 aliphatic rings. The zero-order valence-corrected chi connectivity index (χ0v) is 22.6. The minimum absolute atomic E-state index is 0.212. The zero-order valence-electron chi connectivity index (χ0n) is 22.6. The van der Waals surface area contributed by atoms with Crippen LogP contribution in [0.3, 0.4) is 0 Å². The second-order valence-electron chi connectivity index (χ2n) is 12.9. The van der Waals surface area contributed by atoms with Crippen LogP contribution in [0.2, 0.25) is 0 Å². The lowest BCUT2D eigenvalue weighted by Crippen LogP contribution is -2.49. The number of hydrogen-bond acceptors (Lipinski definition) is 4. The lowest BCUT2D eigenvalue weighted by molar-refractivity contribution is -0.120. The molecule has 2 atom stereocenters. The normalized spacial score (nSPS) is 31.6. The van der Waals surface area contributed by atoms with Crippen LogP contribution < -0.4 is 10.2 Å². The smallest absolute Gasteiger partial charge is 0.303 e. The lowest BCUT2D eigenvalue weighted by Gasteiger charge is -2.51. The number of amides is 3. The molecule has 200 valence electrons. The van der Waals surface area contributed by atoms with E-state index in [2.05, 4.69) is 41.3 Å². The fourth-order valence-electron chi connectivity index (χ4n) is 8.37. The molecule has 7 heteroatoms. The number of hydrogen-bond donors (Lipinski definition) is 1. The molecule has 37 heavy (non-hydrogen) atoms. The number of urea groups is 1. The topological polar surface area (TPSA) is 70.0 Å². The molecule has 0 spiro atoms. The average molecular weight is 506 g/mol. The maximum absolute atomic E-state index is 12.4. The van der Waals surface area contributed by atoms with E-state index in [0.29, 0.717) is 24.3 Å². The molecule has 2 aliphatic heterocycles. The molecular formula is C30H43N5O2. The van der Waals surface area contributed by atoms with Gasteiger partial charge in [0.1, 0.15) is 0 Å². The molecule has 4 fully saturated rings. The van der Waals surface area contributed by atoms with Gasteiger partial charge in [0.25, 0.3) is 0 Å². The largest absolute Gasteiger partial charge is 0.328 e. The van der Waals surface area contributed by atoms with E-state index in [-0.39, 0.29) is 11.9 Å². The molecular weight excluding hydrogens is 462 g/mol. The molecule has 2 unspecified atom stereocenters. The van der Waals surface area contributed by atoms with E-state index in [1.54, 1.807) is 11.1 Å². The Kier molecular flexibility index (Phi) is 6.76. The van der Waals surface area contributed by atoms with Crippen molar-refractivity contribution >= 4 is 23.1 Å². The number of nitrogens with zero attached hydrogens (tertiary/aromatic N) is 4. The predicted molar refractivity (Wildman–Crippen MR) is 146 cm³/mol. The second-order valence-corrected chi connectivity index (χ2v) is 12.9. The zero-order chi connectivity index (χ0) is 25.6. The van der Waals surface area contributed by atoms with Crippen molar-refractivity contribution in [1.29, 1.82) is 0 Å². The first-order valence-corrected chi connectivity index (χ1v) is 14.7. The van der Waals surface area contributed by atoms with Crippen LogP contribution in [0.1, 0.15) is 77.2 Å². The molecule has 2 aliphatic carbocycles. The molecule has 1 N–H and O–H groups in total. The second kappa shape index (κ2) is 10.0. The minimum atomic E-state index is -0.357. The van der Waals surface area contributed by atoms with Crippen molar-refractivity contribution in [1.82, 2.24) is 19.8 Å². The van der Waals surface area contributed by atoms with Crippen molar-refractivity contribution in [2.75, 3.05) is 31.1 Å². The molecule has 2 saturated carbocycles. The van der Waals surface area contributed by atoms with Crippen molar-refractivity contribution in [3.63, 3.8) is 0 Å². The van der Waals surface area contributed by atoms with Gasteiger partial charge >= 0.3 is 6.03 Å². The molecule has 2 aromatic heterocycles. The Bertz CT molecular complexity index is 1130. The third-order valence-electron chi connectivity index (χ3n) is 10.0. The SMILES string of the molecule is CCC1(CN2CCC(Cc3ccn4ncc(N5CCC(=O)NC5=O)c4c3)CC2)CC2CC(C)CC(C2)C1. The minimum Gasteiger partial charge on any atom is -0.303 e. The summed E-state index contributed by atoms with van der Waals surface area (Å²) in [4.78, 5) is 28.4. The van der Waals surface area contributed by atoms with Crippen LogP contribution in [-0.4, -0.2) is 52.6 Å². The summed E-state index contributed by atoms with van der Waals surface area (Å²) >= 11 is 0.